The van der Waals surface area contributed by atoms with E-state index in [9.17, 15) is 0 Å². The molecule has 1 aromatic rings. The molecule has 0 radical (unpaired) electrons. The van der Waals surface area contributed by atoms with Crippen LogP contribution in [-0.2, 0) is 0 Å². The lowest BCUT2D eigenvalue weighted by molar-refractivity contribution is 0.171. The van der Waals surface area contributed by atoms with Gasteiger partial charge in [-0.15, -0.1) is 0 Å². The Bertz CT molecular complexity index is 340. The molecule has 1 aliphatic rings. The molecule has 0 bridgehead atoms. The zero-order valence-corrected chi connectivity index (χ0v) is 11.2. The monoisotopic (exact) mass is 254 g/mol. The van der Waals surface area contributed by atoms with Gasteiger partial charge in [0.05, 0.1) is 11.0 Å². The van der Waals surface area contributed by atoms with Crippen LogP contribution in [-0.4, -0.2) is 23.0 Å². The highest BCUT2D eigenvalue weighted by Crippen LogP contribution is 2.28. The second-order valence-corrected chi connectivity index (χ2v) is 5.83. The first kappa shape index (κ1) is 12.0. The molecule has 2 rings (SSSR count). The number of hydrogen-bond donors (Lipinski definition) is 1. The Balaban J connectivity index is 2.11. The molecule has 1 aliphatic heterocycles. The van der Waals surface area contributed by atoms with Crippen LogP contribution in [0.4, 0.5) is 0 Å². The zero-order chi connectivity index (χ0) is 11.5. The molecule has 1 saturated heterocycles. The van der Waals surface area contributed by atoms with E-state index in [0.29, 0.717) is 4.99 Å². The Morgan fingerprint density at radius 3 is 2.75 bits per heavy atom. The fraction of sp³-hybridized carbons (Fsp3) is 0.583. The maximum Gasteiger partial charge on any atom is 0.0948 e. The summed E-state index contributed by atoms with van der Waals surface area (Å²) in [6, 6.07) is 2.28. The first-order valence-electron chi connectivity index (χ1n) is 5.74. The summed E-state index contributed by atoms with van der Waals surface area (Å²) < 4.78 is 0. The molecular weight excluding hydrogens is 236 g/mol. The minimum Gasteiger partial charge on any atom is -0.392 e. The van der Waals surface area contributed by atoms with Crippen LogP contribution in [0.3, 0.4) is 0 Å². The number of likely N-dealkylation sites (tertiary alicyclic amines) is 1. The molecule has 88 valence electrons. The van der Waals surface area contributed by atoms with E-state index >= 15 is 0 Å². The average Bonchev–Trinajstić information content (AvgIpc) is 2.74. The molecule has 16 heavy (non-hydrogen) atoms. The van der Waals surface area contributed by atoms with E-state index in [4.69, 9.17) is 18.0 Å². The fourth-order valence-corrected chi connectivity index (χ4v) is 3.24. The van der Waals surface area contributed by atoms with Crippen LogP contribution < -0.4 is 5.73 Å². The second kappa shape index (κ2) is 5.25. The van der Waals surface area contributed by atoms with Gasteiger partial charge < -0.3 is 5.73 Å². The van der Waals surface area contributed by atoms with E-state index in [2.05, 4.69) is 28.7 Å². The smallest absolute Gasteiger partial charge is 0.0948 e. The van der Waals surface area contributed by atoms with Crippen molar-refractivity contribution in [2.24, 2.45) is 11.7 Å². The summed E-state index contributed by atoms with van der Waals surface area (Å²) in [7, 11) is 0. The quantitative estimate of drug-likeness (QED) is 0.841. The van der Waals surface area contributed by atoms with Crippen molar-refractivity contribution in [2.45, 2.75) is 25.8 Å². The van der Waals surface area contributed by atoms with Crippen molar-refractivity contribution in [1.29, 1.82) is 0 Å². The third kappa shape index (κ3) is 2.62. The van der Waals surface area contributed by atoms with E-state index in [1.807, 2.05) is 0 Å². The summed E-state index contributed by atoms with van der Waals surface area (Å²) in [6.07, 6.45) is 2.51. The lowest BCUT2D eigenvalue weighted by Crippen LogP contribution is -2.41. The number of thiocarbonyl (C=S) groups is 1. The van der Waals surface area contributed by atoms with Gasteiger partial charge >= 0.3 is 0 Å². The number of piperidine rings is 1. The van der Waals surface area contributed by atoms with Crippen molar-refractivity contribution in [1.82, 2.24) is 4.90 Å². The van der Waals surface area contributed by atoms with Gasteiger partial charge in [-0.2, -0.15) is 11.3 Å². The number of nitrogens with two attached hydrogens (primary N) is 1. The van der Waals surface area contributed by atoms with Gasteiger partial charge in [0.15, 0.2) is 0 Å². The van der Waals surface area contributed by atoms with Crippen molar-refractivity contribution in [3.05, 3.63) is 22.4 Å². The molecule has 0 aliphatic carbocycles. The summed E-state index contributed by atoms with van der Waals surface area (Å²) >= 11 is 6.92. The summed E-state index contributed by atoms with van der Waals surface area (Å²) in [6.45, 7) is 4.54. The highest BCUT2D eigenvalue weighted by Gasteiger charge is 2.26. The van der Waals surface area contributed by atoms with Crippen LogP contribution >= 0.6 is 23.6 Å². The van der Waals surface area contributed by atoms with E-state index in [1.165, 1.54) is 18.4 Å². The third-order valence-corrected chi connectivity index (χ3v) is 4.24. The topological polar surface area (TPSA) is 29.3 Å². The summed E-state index contributed by atoms with van der Waals surface area (Å²) in [4.78, 5) is 3.03. The van der Waals surface area contributed by atoms with Crippen molar-refractivity contribution >= 4 is 28.5 Å². The van der Waals surface area contributed by atoms with Gasteiger partial charge in [0.1, 0.15) is 0 Å². The molecule has 4 heteroatoms. The van der Waals surface area contributed by atoms with Crippen LogP contribution in [0.25, 0.3) is 0 Å². The van der Waals surface area contributed by atoms with Crippen LogP contribution in [0.5, 0.6) is 0 Å². The minimum atomic E-state index is 0.147. The van der Waals surface area contributed by atoms with Crippen LogP contribution in [0, 0.1) is 5.92 Å². The Morgan fingerprint density at radius 2 is 2.25 bits per heavy atom. The second-order valence-electron chi connectivity index (χ2n) is 4.58. The molecule has 1 unspecified atom stereocenters. The van der Waals surface area contributed by atoms with Gasteiger partial charge in [-0.1, -0.05) is 19.1 Å². The standard InChI is InChI=1S/C12H18N2S2/c1-9-2-5-14(6-3-9)11(12(13)15)10-4-7-16-8-10/h4,7-9,11H,2-3,5-6H2,1H3,(H2,13,15). The maximum absolute atomic E-state index is 5.89. The number of hydrogen-bond acceptors (Lipinski definition) is 3. The summed E-state index contributed by atoms with van der Waals surface area (Å²) in [5.74, 6) is 0.839. The number of thiophene rings is 1. The van der Waals surface area contributed by atoms with E-state index in [0.717, 1.165) is 19.0 Å². The molecular formula is C12H18N2S2. The molecule has 1 atom stereocenters. The van der Waals surface area contributed by atoms with Gasteiger partial charge in [-0.25, -0.2) is 0 Å². The Labute approximate surface area is 106 Å². The van der Waals surface area contributed by atoms with Gasteiger partial charge in [0.25, 0.3) is 0 Å². The third-order valence-electron chi connectivity index (χ3n) is 3.31. The largest absolute Gasteiger partial charge is 0.392 e. The molecule has 1 fully saturated rings. The molecule has 2 nitrogen and oxygen atoms in total. The van der Waals surface area contributed by atoms with Crippen LogP contribution in [0.1, 0.15) is 31.4 Å². The van der Waals surface area contributed by atoms with E-state index < -0.39 is 0 Å². The van der Waals surface area contributed by atoms with Crippen LogP contribution in [0.2, 0.25) is 0 Å². The first-order chi connectivity index (χ1) is 7.68. The van der Waals surface area contributed by atoms with E-state index in [-0.39, 0.29) is 6.04 Å². The lowest BCUT2D eigenvalue weighted by Gasteiger charge is -2.35. The van der Waals surface area contributed by atoms with Crippen LogP contribution in [0.15, 0.2) is 16.8 Å². The minimum absolute atomic E-state index is 0.147. The molecule has 2 N–H and O–H groups in total. The van der Waals surface area contributed by atoms with Crippen molar-refractivity contribution in [2.75, 3.05) is 13.1 Å². The highest BCUT2D eigenvalue weighted by molar-refractivity contribution is 7.80. The van der Waals surface area contributed by atoms with Crippen molar-refractivity contribution < 1.29 is 0 Å². The fourth-order valence-electron chi connectivity index (χ4n) is 2.27. The molecule has 0 saturated carbocycles. The molecule has 1 aromatic heterocycles. The highest BCUT2D eigenvalue weighted by atomic mass is 32.1. The van der Waals surface area contributed by atoms with Gasteiger partial charge in [0.2, 0.25) is 0 Å². The molecule has 2 heterocycles. The average molecular weight is 254 g/mol. The number of rotatable bonds is 3. The van der Waals surface area contributed by atoms with Crippen molar-refractivity contribution in [3.8, 4) is 0 Å². The Morgan fingerprint density at radius 1 is 1.56 bits per heavy atom. The molecule has 0 spiro atoms. The maximum atomic E-state index is 5.89. The Kier molecular flexibility index (Phi) is 3.95. The van der Waals surface area contributed by atoms with Crippen molar-refractivity contribution in [3.63, 3.8) is 0 Å². The first-order valence-corrected chi connectivity index (χ1v) is 7.09. The van der Waals surface area contributed by atoms with Gasteiger partial charge in [0, 0.05) is 0 Å². The zero-order valence-electron chi connectivity index (χ0n) is 9.56. The Hall–Kier alpha value is -0.450. The normalized spacial score (nSPS) is 20.8. The molecule has 0 aromatic carbocycles. The van der Waals surface area contributed by atoms with Gasteiger partial charge in [-0.3, -0.25) is 4.90 Å². The number of nitrogens with zero attached hydrogens (tertiary/aromatic N) is 1. The predicted molar refractivity (Wildman–Crippen MR) is 73.8 cm³/mol. The molecule has 0 amide bonds. The van der Waals surface area contributed by atoms with Gasteiger partial charge in [-0.05, 0) is 54.2 Å². The predicted octanol–water partition coefficient (Wildman–Crippen LogP) is 2.81. The lowest BCUT2D eigenvalue weighted by atomic mass is 9.96. The van der Waals surface area contributed by atoms with E-state index in [1.54, 1.807) is 11.3 Å². The summed E-state index contributed by atoms with van der Waals surface area (Å²) in [5, 5.41) is 4.25. The SMILES string of the molecule is CC1CCN(C(C(N)=S)c2ccsc2)CC1. The summed E-state index contributed by atoms with van der Waals surface area (Å²) in [5.41, 5.74) is 7.14.